The summed E-state index contributed by atoms with van der Waals surface area (Å²) in [6.07, 6.45) is 2.15. The Balaban J connectivity index is 1.55. The molecule has 3 aromatic rings. The van der Waals surface area contributed by atoms with Gasteiger partial charge in [-0.15, -0.1) is 0 Å². The highest BCUT2D eigenvalue weighted by Gasteiger charge is 2.36. The molecule has 1 fully saturated rings. The molecule has 0 atom stereocenters. The van der Waals surface area contributed by atoms with Crippen molar-refractivity contribution in [2.24, 2.45) is 0 Å². The van der Waals surface area contributed by atoms with E-state index in [1.165, 1.54) is 18.2 Å². The highest BCUT2D eigenvalue weighted by atomic mass is 35.5. The number of rotatable bonds is 11. The molecule has 1 heterocycles. The number of nitrogens with zero attached hydrogens (tertiary/aromatic N) is 1. The largest absolute Gasteiger partial charge is 0.490 e. The standard InChI is InChI=1S/C30H27Cl3N2O6/c1-3-11-40-25-10-9-18(15-26(25)39-4-2)16-35-29(37)21(28(36)34-30(35)38)12-19-13-23(32)27(24(33)14-19)41-17-20-7-5-6-8-22(20)31/h5-10,12-15H,3-4,11,16-17H2,1-2H3,(H,34,36,38)/b21-12+. The lowest BCUT2D eigenvalue weighted by atomic mass is 10.1. The van der Waals surface area contributed by atoms with Gasteiger partial charge >= 0.3 is 6.03 Å². The van der Waals surface area contributed by atoms with Crippen molar-refractivity contribution in [1.29, 1.82) is 0 Å². The third-order valence-electron chi connectivity index (χ3n) is 5.96. The number of ether oxygens (including phenoxy) is 3. The third-order valence-corrected chi connectivity index (χ3v) is 6.89. The summed E-state index contributed by atoms with van der Waals surface area (Å²) in [5.41, 5.74) is 1.47. The van der Waals surface area contributed by atoms with Crippen LogP contribution >= 0.6 is 34.8 Å². The molecule has 4 amide bonds. The number of hydrogen-bond donors (Lipinski definition) is 1. The average Bonchev–Trinajstić information content (AvgIpc) is 2.93. The first-order chi connectivity index (χ1) is 19.7. The van der Waals surface area contributed by atoms with Gasteiger partial charge in [-0.3, -0.25) is 19.8 Å². The van der Waals surface area contributed by atoms with Gasteiger partial charge in [0.2, 0.25) is 0 Å². The number of hydrogen-bond acceptors (Lipinski definition) is 6. The van der Waals surface area contributed by atoms with Crippen molar-refractivity contribution in [1.82, 2.24) is 10.2 Å². The van der Waals surface area contributed by atoms with Crippen LogP contribution in [0, 0.1) is 0 Å². The molecule has 0 aromatic heterocycles. The smallest absolute Gasteiger partial charge is 0.331 e. The SMILES string of the molecule is CCCOc1ccc(CN2C(=O)NC(=O)/C(=C\c3cc(Cl)c(OCc4ccccc4Cl)c(Cl)c3)C2=O)cc1OCC. The molecular formula is C30H27Cl3N2O6. The van der Waals surface area contributed by atoms with Crippen molar-refractivity contribution in [2.45, 2.75) is 33.4 Å². The number of nitrogens with one attached hydrogen (secondary N) is 1. The summed E-state index contributed by atoms with van der Waals surface area (Å²) in [7, 11) is 0. The second-order valence-corrected chi connectivity index (χ2v) is 10.2. The predicted molar refractivity (Wildman–Crippen MR) is 158 cm³/mol. The molecule has 1 aliphatic heterocycles. The minimum atomic E-state index is -0.833. The zero-order valence-corrected chi connectivity index (χ0v) is 24.6. The lowest BCUT2D eigenvalue weighted by Gasteiger charge is -2.26. The third kappa shape index (κ3) is 7.33. The summed E-state index contributed by atoms with van der Waals surface area (Å²) in [5.74, 6) is -0.315. The number of halogens is 3. The summed E-state index contributed by atoms with van der Waals surface area (Å²) in [6, 6.07) is 14.5. The number of benzene rings is 3. The van der Waals surface area contributed by atoms with E-state index in [0.717, 1.165) is 16.9 Å². The van der Waals surface area contributed by atoms with E-state index in [4.69, 9.17) is 49.0 Å². The average molecular weight is 618 g/mol. The maximum atomic E-state index is 13.3. The van der Waals surface area contributed by atoms with Crippen molar-refractivity contribution in [3.63, 3.8) is 0 Å². The Labute approximate surface area is 252 Å². The minimum absolute atomic E-state index is 0.0975. The molecule has 41 heavy (non-hydrogen) atoms. The summed E-state index contributed by atoms with van der Waals surface area (Å²) in [5, 5.41) is 3.09. The van der Waals surface area contributed by atoms with Crippen molar-refractivity contribution in [3.8, 4) is 17.2 Å². The van der Waals surface area contributed by atoms with Gasteiger partial charge in [0.15, 0.2) is 17.2 Å². The van der Waals surface area contributed by atoms with Crippen LogP contribution < -0.4 is 19.5 Å². The van der Waals surface area contributed by atoms with Gasteiger partial charge < -0.3 is 14.2 Å². The van der Waals surface area contributed by atoms with Crippen LogP contribution in [0.25, 0.3) is 6.08 Å². The van der Waals surface area contributed by atoms with Crippen molar-refractivity contribution < 1.29 is 28.6 Å². The molecule has 11 heteroatoms. The van der Waals surface area contributed by atoms with Gasteiger partial charge in [0.25, 0.3) is 11.8 Å². The molecule has 1 N–H and O–H groups in total. The molecule has 0 saturated carbocycles. The summed E-state index contributed by atoms with van der Waals surface area (Å²) in [4.78, 5) is 39.5. The van der Waals surface area contributed by atoms with Crippen LogP contribution in [0.3, 0.4) is 0 Å². The molecule has 0 radical (unpaired) electrons. The Morgan fingerprint density at radius 3 is 2.27 bits per heavy atom. The molecule has 0 aliphatic carbocycles. The van der Waals surface area contributed by atoms with Crippen molar-refractivity contribution in [2.75, 3.05) is 13.2 Å². The Bertz CT molecular complexity index is 1480. The maximum Gasteiger partial charge on any atom is 0.331 e. The monoisotopic (exact) mass is 616 g/mol. The molecule has 8 nitrogen and oxygen atoms in total. The number of barbiturate groups is 1. The first-order valence-electron chi connectivity index (χ1n) is 12.8. The first-order valence-corrected chi connectivity index (χ1v) is 14.0. The Hall–Kier alpha value is -3.72. The molecule has 1 aliphatic rings. The van der Waals surface area contributed by atoms with E-state index in [1.54, 1.807) is 24.3 Å². The fourth-order valence-electron chi connectivity index (χ4n) is 4.00. The van der Waals surface area contributed by atoms with Gasteiger partial charge in [-0.2, -0.15) is 0 Å². The van der Waals surface area contributed by atoms with Crippen LogP contribution in [0.15, 0.2) is 60.2 Å². The van der Waals surface area contributed by atoms with Crippen LogP contribution in [0.1, 0.15) is 37.0 Å². The van der Waals surface area contributed by atoms with Gasteiger partial charge in [0.05, 0.1) is 29.8 Å². The van der Waals surface area contributed by atoms with Gasteiger partial charge in [-0.1, -0.05) is 66.0 Å². The molecule has 3 aromatic carbocycles. The fraction of sp³-hybridized carbons (Fsp3) is 0.233. The van der Waals surface area contributed by atoms with Gasteiger partial charge in [0.1, 0.15) is 12.2 Å². The van der Waals surface area contributed by atoms with E-state index in [-0.39, 0.29) is 34.5 Å². The Morgan fingerprint density at radius 2 is 1.59 bits per heavy atom. The number of carbonyl (C=O) groups excluding carboxylic acids is 3. The fourth-order valence-corrected chi connectivity index (χ4v) is 4.81. The molecule has 0 spiro atoms. The lowest BCUT2D eigenvalue weighted by molar-refractivity contribution is -0.130. The molecule has 1 saturated heterocycles. The molecular weight excluding hydrogens is 591 g/mol. The molecule has 0 unspecified atom stereocenters. The second-order valence-electron chi connectivity index (χ2n) is 8.96. The zero-order chi connectivity index (χ0) is 29.5. The van der Waals surface area contributed by atoms with E-state index >= 15 is 0 Å². The van der Waals surface area contributed by atoms with E-state index < -0.39 is 17.8 Å². The van der Waals surface area contributed by atoms with Crippen molar-refractivity contribution in [3.05, 3.63) is 91.9 Å². The number of imide groups is 2. The van der Waals surface area contributed by atoms with Crippen LogP contribution in [0.4, 0.5) is 4.79 Å². The summed E-state index contributed by atoms with van der Waals surface area (Å²) < 4.78 is 17.2. The van der Waals surface area contributed by atoms with E-state index in [2.05, 4.69) is 5.32 Å². The van der Waals surface area contributed by atoms with Crippen LogP contribution in [0.2, 0.25) is 15.1 Å². The molecule has 0 bridgehead atoms. The van der Waals surface area contributed by atoms with E-state index in [1.807, 2.05) is 32.0 Å². The predicted octanol–water partition coefficient (Wildman–Crippen LogP) is 7.08. The topological polar surface area (TPSA) is 94.2 Å². The normalized spacial score (nSPS) is 14.3. The number of amides is 4. The highest BCUT2D eigenvalue weighted by molar-refractivity contribution is 6.37. The van der Waals surface area contributed by atoms with Gasteiger partial charge in [-0.25, -0.2) is 4.79 Å². The first kappa shape index (κ1) is 30.2. The van der Waals surface area contributed by atoms with Gasteiger partial charge in [0, 0.05) is 10.6 Å². The molecule has 214 valence electrons. The number of urea groups is 1. The minimum Gasteiger partial charge on any atom is -0.490 e. The number of carbonyl (C=O) groups is 3. The van der Waals surface area contributed by atoms with Crippen LogP contribution in [-0.2, 0) is 22.7 Å². The lowest BCUT2D eigenvalue weighted by Crippen LogP contribution is -2.53. The van der Waals surface area contributed by atoms with Crippen LogP contribution in [0.5, 0.6) is 17.2 Å². The summed E-state index contributed by atoms with van der Waals surface area (Å²) >= 11 is 19.1. The second kappa shape index (κ2) is 13.8. The van der Waals surface area contributed by atoms with Crippen LogP contribution in [-0.4, -0.2) is 36.0 Å². The summed E-state index contributed by atoms with van der Waals surface area (Å²) in [6.45, 7) is 4.80. The quantitative estimate of drug-likeness (QED) is 0.183. The maximum absolute atomic E-state index is 13.3. The van der Waals surface area contributed by atoms with E-state index in [9.17, 15) is 14.4 Å². The van der Waals surface area contributed by atoms with E-state index in [0.29, 0.717) is 40.9 Å². The van der Waals surface area contributed by atoms with Crippen molar-refractivity contribution >= 4 is 58.7 Å². The van der Waals surface area contributed by atoms with Gasteiger partial charge in [-0.05, 0) is 60.9 Å². The highest BCUT2D eigenvalue weighted by Crippen LogP contribution is 2.36. The Morgan fingerprint density at radius 1 is 0.854 bits per heavy atom. The Kier molecular flexibility index (Phi) is 10.2. The zero-order valence-electron chi connectivity index (χ0n) is 22.3. The molecule has 4 rings (SSSR count).